The topological polar surface area (TPSA) is 21.7 Å². The molecule has 1 fully saturated rings. The summed E-state index contributed by atoms with van der Waals surface area (Å²) < 4.78 is 10.9. The molecule has 87 valence electrons. The Kier molecular flexibility index (Phi) is 4.65. The van der Waals surface area contributed by atoms with Crippen LogP contribution in [-0.4, -0.2) is 44.4 Å². The highest BCUT2D eigenvalue weighted by atomic mass is 16.5. The van der Waals surface area contributed by atoms with Gasteiger partial charge in [0.15, 0.2) is 0 Å². The van der Waals surface area contributed by atoms with Gasteiger partial charge in [0.1, 0.15) is 5.75 Å². The quantitative estimate of drug-likeness (QED) is 0.703. The molecule has 2 rings (SSSR count). The first-order valence-corrected chi connectivity index (χ1v) is 5.84. The maximum atomic E-state index is 5.61. The minimum Gasteiger partial charge on any atom is -0.494 e. The lowest BCUT2D eigenvalue weighted by Gasteiger charge is -2.26. The zero-order chi connectivity index (χ0) is 11.1. The third-order valence-corrected chi connectivity index (χ3v) is 2.67. The Balaban J connectivity index is 1.58. The van der Waals surface area contributed by atoms with Gasteiger partial charge < -0.3 is 9.47 Å². The van der Waals surface area contributed by atoms with Crippen molar-refractivity contribution in [2.45, 2.75) is 6.42 Å². The summed E-state index contributed by atoms with van der Waals surface area (Å²) in [5.74, 6) is 0.907. The summed E-state index contributed by atoms with van der Waals surface area (Å²) in [6.07, 6.45) is 1.06. The Bertz CT molecular complexity index is 283. The summed E-state index contributed by atoms with van der Waals surface area (Å²) >= 11 is 0. The van der Waals surface area contributed by atoms with Gasteiger partial charge in [-0.2, -0.15) is 0 Å². The molecule has 0 amide bonds. The van der Waals surface area contributed by atoms with E-state index in [9.17, 15) is 0 Å². The van der Waals surface area contributed by atoms with Crippen molar-refractivity contribution in [1.29, 1.82) is 0 Å². The normalized spacial score (nSPS) is 17.2. The van der Waals surface area contributed by atoms with Crippen LogP contribution in [0.1, 0.15) is 6.42 Å². The predicted molar refractivity (Wildman–Crippen MR) is 62.6 cm³/mol. The van der Waals surface area contributed by atoms with Crippen molar-refractivity contribution in [2.75, 3.05) is 39.5 Å². The van der Waals surface area contributed by atoms with Crippen molar-refractivity contribution in [1.82, 2.24) is 4.90 Å². The van der Waals surface area contributed by atoms with E-state index in [2.05, 4.69) is 11.0 Å². The van der Waals surface area contributed by atoms with Crippen molar-refractivity contribution in [3.05, 3.63) is 30.3 Å². The van der Waals surface area contributed by atoms with E-state index in [-0.39, 0.29) is 0 Å². The van der Waals surface area contributed by atoms with E-state index in [1.54, 1.807) is 0 Å². The molecule has 0 unspecified atom stereocenters. The fourth-order valence-electron chi connectivity index (χ4n) is 1.77. The molecule has 0 aliphatic carbocycles. The maximum absolute atomic E-state index is 5.61. The van der Waals surface area contributed by atoms with E-state index >= 15 is 0 Å². The van der Waals surface area contributed by atoms with E-state index in [0.29, 0.717) is 0 Å². The smallest absolute Gasteiger partial charge is 0.119 e. The Morgan fingerprint density at radius 1 is 1.38 bits per heavy atom. The number of rotatable bonds is 5. The lowest BCUT2D eigenvalue weighted by molar-refractivity contribution is 0.0358. The molecule has 1 saturated heterocycles. The van der Waals surface area contributed by atoms with Gasteiger partial charge in [0, 0.05) is 19.6 Å². The fraction of sp³-hybridized carbons (Fsp3) is 0.538. The second-order valence-electron chi connectivity index (χ2n) is 3.90. The Labute approximate surface area is 97.0 Å². The number of morpholine rings is 1. The van der Waals surface area contributed by atoms with Crippen LogP contribution in [-0.2, 0) is 4.74 Å². The van der Waals surface area contributed by atoms with Crippen LogP contribution in [0.5, 0.6) is 5.75 Å². The molecule has 1 heterocycles. The van der Waals surface area contributed by atoms with Crippen LogP contribution in [0.4, 0.5) is 0 Å². The molecule has 3 nitrogen and oxygen atoms in total. The fourth-order valence-corrected chi connectivity index (χ4v) is 1.77. The molecule has 0 bridgehead atoms. The summed E-state index contributed by atoms with van der Waals surface area (Å²) in [7, 11) is 0. The van der Waals surface area contributed by atoms with Crippen molar-refractivity contribution in [2.24, 2.45) is 0 Å². The summed E-state index contributed by atoms with van der Waals surface area (Å²) in [6.45, 7) is 5.72. The highest BCUT2D eigenvalue weighted by Crippen LogP contribution is 2.08. The van der Waals surface area contributed by atoms with Crippen LogP contribution in [0, 0.1) is 6.07 Å². The van der Waals surface area contributed by atoms with Gasteiger partial charge in [-0.15, -0.1) is 0 Å². The molecule has 1 aromatic carbocycles. The lowest BCUT2D eigenvalue weighted by Crippen LogP contribution is -2.37. The van der Waals surface area contributed by atoms with Crippen LogP contribution in [0.15, 0.2) is 24.3 Å². The molecule has 3 heteroatoms. The third kappa shape index (κ3) is 3.83. The molecule has 16 heavy (non-hydrogen) atoms. The van der Waals surface area contributed by atoms with Crippen LogP contribution in [0.2, 0.25) is 0 Å². The Hall–Kier alpha value is -1.06. The van der Waals surface area contributed by atoms with Crippen molar-refractivity contribution in [3.8, 4) is 5.75 Å². The Morgan fingerprint density at radius 3 is 3.00 bits per heavy atom. The summed E-state index contributed by atoms with van der Waals surface area (Å²) in [6, 6.07) is 10.6. The molecule has 0 saturated carbocycles. The zero-order valence-corrected chi connectivity index (χ0v) is 9.52. The number of benzene rings is 1. The highest BCUT2D eigenvalue weighted by Gasteiger charge is 2.08. The van der Waals surface area contributed by atoms with Crippen LogP contribution in [0.25, 0.3) is 0 Å². The van der Waals surface area contributed by atoms with Gasteiger partial charge in [-0.1, -0.05) is 12.1 Å². The minimum atomic E-state index is 0.773. The van der Waals surface area contributed by atoms with Crippen LogP contribution in [0.3, 0.4) is 0 Å². The van der Waals surface area contributed by atoms with Gasteiger partial charge >= 0.3 is 0 Å². The second kappa shape index (κ2) is 6.51. The first-order valence-electron chi connectivity index (χ1n) is 5.84. The monoisotopic (exact) mass is 220 g/mol. The molecule has 0 aromatic heterocycles. The van der Waals surface area contributed by atoms with Crippen LogP contribution < -0.4 is 4.74 Å². The average Bonchev–Trinajstić information content (AvgIpc) is 2.37. The zero-order valence-electron chi connectivity index (χ0n) is 9.52. The van der Waals surface area contributed by atoms with Gasteiger partial charge in [0.25, 0.3) is 0 Å². The number of nitrogens with zero attached hydrogens (tertiary/aromatic N) is 1. The summed E-state index contributed by atoms with van der Waals surface area (Å²) in [4.78, 5) is 2.42. The molecule has 1 aliphatic rings. The van der Waals surface area contributed by atoms with Gasteiger partial charge in [-0.25, -0.2) is 0 Å². The maximum Gasteiger partial charge on any atom is 0.119 e. The molecule has 1 aliphatic heterocycles. The van der Waals surface area contributed by atoms with Gasteiger partial charge in [-0.05, 0) is 24.6 Å². The molecular formula is C13H18NO2. The molecule has 1 radical (unpaired) electrons. The van der Waals surface area contributed by atoms with Gasteiger partial charge in [0.05, 0.1) is 19.8 Å². The summed E-state index contributed by atoms with van der Waals surface area (Å²) in [5.41, 5.74) is 0. The van der Waals surface area contributed by atoms with E-state index in [1.165, 1.54) is 0 Å². The van der Waals surface area contributed by atoms with E-state index < -0.39 is 0 Å². The second-order valence-corrected chi connectivity index (χ2v) is 3.90. The first-order chi connectivity index (χ1) is 7.95. The first kappa shape index (κ1) is 11.4. The number of hydrogen-bond donors (Lipinski definition) is 0. The minimum absolute atomic E-state index is 0.773. The summed E-state index contributed by atoms with van der Waals surface area (Å²) in [5, 5.41) is 0. The average molecular weight is 220 g/mol. The van der Waals surface area contributed by atoms with E-state index in [4.69, 9.17) is 9.47 Å². The van der Waals surface area contributed by atoms with Crippen molar-refractivity contribution in [3.63, 3.8) is 0 Å². The number of hydrogen-bond acceptors (Lipinski definition) is 3. The van der Waals surface area contributed by atoms with E-state index in [0.717, 1.165) is 51.6 Å². The highest BCUT2D eigenvalue weighted by molar-refractivity contribution is 5.19. The van der Waals surface area contributed by atoms with Crippen molar-refractivity contribution >= 4 is 0 Å². The standard InChI is InChI=1S/C13H18NO2/c1-2-5-13(6-3-1)16-10-4-7-14-8-11-15-12-9-14/h1-2,5-6H,4,7-12H2. The lowest BCUT2D eigenvalue weighted by atomic mass is 10.3. The number of ether oxygens (including phenoxy) is 2. The van der Waals surface area contributed by atoms with E-state index in [1.807, 2.05) is 24.3 Å². The molecule has 1 aromatic rings. The van der Waals surface area contributed by atoms with Gasteiger partial charge in [0.2, 0.25) is 0 Å². The van der Waals surface area contributed by atoms with Crippen LogP contribution >= 0.6 is 0 Å². The largest absolute Gasteiger partial charge is 0.494 e. The van der Waals surface area contributed by atoms with Crippen molar-refractivity contribution < 1.29 is 9.47 Å². The Morgan fingerprint density at radius 2 is 2.25 bits per heavy atom. The van der Waals surface area contributed by atoms with Gasteiger partial charge in [-0.3, -0.25) is 4.90 Å². The molecule has 0 atom stereocenters. The third-order valence-electron chi connectivity index (χ3n) is 2.67. The molecular weight excluding hydrogens is 202 g/mol. The molecule has 0 spiro atoms. The predicted octanol–water partition coefficient (Wildman–Crippen LogP) is 1.59. The molecule has 0 N–H and O–H groups in total. The SMILES string of the molecule is [c]1cccc(OCCCN2CCOCC2)c1.